The van der Waals surface area contributed by atoms with Crippen molar-refractivity contribution in [1.82, 2.24) is 19.5 Å². The number of hydrogen-bond donors (Lipinski definition) is 0. The fraction of sp³-hybridized carbons (Fsp3) is 0.184. The van der Waals surface area contributed by atoms with Gasteiger partial charge in [-0.15, -0.1) is 0 Å². The third-order valence-corrected chi connectivity index (χ3v) is 12.0. The van der Waals surface area contributed by atoms with Crippen molar-refractivity contribution in [1.29, 1.82) is 5.26 Å². The summed E-state index contributed by atoms with van der Waals surface area (Å²) in [6.45, 7) is 2.47. The molecule has 5 nitrogen and oxygen atoms in total. The predicted octanol–water partition coefficient (Wildman–Crippen LogP) is 12.0. The molecule has 5 heteroatoms. The quantitative estimate of drug-likeness (QED) is 0.173. The largest absolute Gasteiger partial charge is 0.309 e. The molecule has 3 atom stereocenters. The van der Waals surface area contributed by atoms with E-state index in [1.54, 1.807) is 0 Å². The minimum absolute atomic E-state index is 0.248. The van der Waals surface area contributed by atoms with Gasteiger partial charge in [-0.05, 0) is 89.6 Å². The highest BCUT2D eigenvalue weighted by atomic mass is 15.0. The van der Waals surface area contributed by atoms with Crippen LogP contribution in [0.4, 0.5) is 0 Å². The molecule has 8 aromatic rings. The second-order valence-electron chi connectivity index (χ2n) is 15.6. The first-order chi connectivity index (χ1) is 26.5. The number of rotatable bonds is 6. The minimum atomic E-state index is 0.248. The van der Waals surface area contributed by atoms with Crippen LogP contribution in [0.1, 0.15) is 50.2 Å². The lowest BCUT2D eigenvalue weighted by molar-refractivity contribution is 0.232. The molecule has 2 aliphatic rings. The lowest BCUT2D eigenvalue weighted by Crippen LogP contribution is -2.30. The topological polar surface area (TPSA) is 67.4 Å². The van der Waals surface area contributed by atoms with E-state index in [9.17, 15) is 5.26 Å². The summed E-state index contributed by atoms with van der Waals surface area (Å²) < 4.78 is 2.27. The summed E-state index contributed by atoms with van der Waals surface area (Å²) in [4.78, 5) is 15.0. The van der Waals surface area contributed by atoms with Gasteiger partial charge in [0.15, 0.2) is 17.5 Å². The number of nitriles is 1. The molecule has 2 bridgehead atoms. The van der Waals surface area contributed by atoms with Gasteiger partial charge in [-0.3, -0.25) is 0 Å². The number of aromatic nitrogens is 4. The molecule has 0 aliphatic heterocycles. The third-order valence-electron chi connectivity index (χ3n) is 12.0. The summed E-state index contributed by atoms with van der Waals surface area (Å²) in [6, 6.07) is 53.0. The number of benzene rings is 6. The SMILES string of the molecule is CC1(c2ccc(-c3nc(-c4ccccc4)nc(-c4ccc(-c5ccc(-n6c7ccccc7c7cc(C#N)ccc76)cc5)cc4)n3)cc2)C[C@@H]2CC[C@@H](C2)C1. The Morgan fingerprint density at radius 3 is 1.70 bits per heavy atom. The molecular weight excluding hydrogens is 659 g/mol. The van der Waals surface area contributed by atoms with Gasteiger partial charge in [0, 0.05) is 33.2 Å². The zero-order chi connectivity index (χ0) is 36.2. The number of nitrogens with zero attached hydrogens (tertiary/aromatic N) is 5. The van der Waals surface area contributed by atoms with Crippen molar-refractivity contribution >= 4 is 21.8 Å². The van der Waals surface area contributed by atoms with Crippen LogP contribution in [-0.4, -0.2) is 19.5 Å². The molecule has 10 rings (SSSR count). The normalized spacial score (nSPS) is 19.3. The van der Waals surface area contributed by atoms with Gasteiger partial charge in [0.05, 0.1) is 22.7 Å². The van der Waals surface area contributed by atoms with Crippen LogP contribution in [0.3, 0.4) is 0 Å². The van der Waals surface area contributed by atoms with E-state index < -0.39 is 0 Å². The lowest BCUT2D eigenvalue weighted by Gasteiger charge is -2.38. The molecule has 0 amide bonds. The van der Waals surface area contributed by atoms with Crippen molar-refractivity contribution < 1.29 is 0 Å². The smallest absolute Gasteiger partial charge is 0.164 e. The van der Waals surface area contributed by atoms with Crippen LogP contribution in [0.5, 0.6) is 0 Å². The van der Waals surface area contributed by atoms with Gasteiger partial charge in [-0.2, -0.15) is 5.26 Å². The Hall–Kier alpha value is -6.38. The monoisotopic (exact) mass is 697 g/mol. The van der Waals surface area contributed by atoms with Crippen molar-refractivity contribution in [3.05, 3.63) is 157 Å². The molecule has 2 saturated carbocycles. The molecule has 2 fully saturated rings. The first-order valence-corrected chi connectivity index (χ1v) is 19.1. The minimum Gasteiger partial charge on any atom is -0.309 e. The second-order valence-corrected chi connectivity index (χ2v) is 15.6. The molecule has 1 unspecified atom stereocenters. The maximum Gasteiger partial charge on any atom is 0.164 e. The summed E-state index contributed by atoms with van der Waals surface area (Å²) in [5.74, 6) is 3.78. The average Bonchev–Trinajstić information content (AvgIpc) is 3.76. The van der Waals surface area contributed by atoms with Gasteiger partial charge in [0.2, 0.25) is 0 Å². The zero-order valence-electron chi connectivity index (χ0n) is 30.3. The first-order valence-electron chi connectivity index (χ1n) is 19.1. The Balaban J connectivity index is 0.964. The van der Waals surface area contributed by atoms with Crippen molar-refractivity contribution in [3.63, 3.8) is 0 Å². The Labute approximate surface area is 315 Å². The standard InChI is InChI=1S/C49H39N5/c1-49(29-32-11-12-33(27-32)30-49)40-22-18-39(19-23-40)48-52-46(37-7-3-2-4-8-37)51-47(53-48)38-16-14-35(15-17-38)36-20-24-41(25-21-36)54-44-10-6-5-9-42(44)43-28-34(31-50)13-26-45(43)54/h2-10,13-26,28,32-33H,11-12,27,29-30H2,1H3/t32-,33+,49?. The average molecular weight is 698 g/mol. The van der Waals surface area contributed by atoms with Gasteiger partial charge < -0.3 is 4.57 Å². The Morgan fingerprint density at radius 1 is 0.556 bits per heavy atom. The van der Waals surface area contributed by atoms with Crippen LogP contribution in [0.25, 0.3) is 72.8 Å². The fourth-order valence-electron chi connectivity index (χ4n) is 9.45. The highest BCUT2D eigenvalue weighted by Crippen LogP contribution is 2.51. The van der Waals surface area contributed by atoms with Crippen LogP contribution in [0, 0.1) is 23.2 Å². The molecular formula is C49H39N5. The fourth-order valence-corrected chi connectivity index (χ4v) is 9.45. The Kier molecular flexibility index (Phi) is 7.73. The van der Waals surface area contributed by atoms with Gasteiger partial charge in [-0.25, -0.2) is 15.0 Å². The van der Waals surface area contributed by atoms with E-state index in [1.165, 1.54) is 37.7 Å². The van der Waals surface area contributed by atoms with Gasteiger partial charge in [0.1, 0.15) is 0 Å². The van der Waals surface area contributed by atoms with E-state index in [-0.39, 0.29) is 5.41 Å². The zero-order valence-corrected chi connectivity index (χ0v) is 30.3. The Bertz CT molecular complexity index is 2690. The van der Waals surface area contributed by atoms with E-state index in [0.717, 1.165) is 67.1 Å². The van der Waals surface area contributed by atoms with E-state index >= 15 is 0 Å². The molecule has 0 saturated heterocycles. The summed E-state index contributed by atoms with van der Waals surface area (Å²) in [6.07, 6.45) is 6.81. The molecule has 2 heterocycles. The van der Waals surface area contributed by atoms with Gasteiger partial charge in [0.25, 0.3) is 0 Å². The number of para-hydroxylation sites is 1. The van der Waals surface area contributed by atoms with Crippen LogP contribution in [-0.2, 0) is 5.41 Å². The van der Waals surface area contributed by atoms with Crippen LogP contribution < -0.4 is 0 Å². The first kappa shape index (κ1) is 32.3. The molecule has 0 N–H and O–H groups in total. The molecule has 0 radical (unpaired) electrons. The van der Waals surface area contributed by atoms with Crippen LogP contribution >= 0.6 is 0 Å². The molecule has 2 aromatic heterocycles. The maximum absolute atomic E-state index is 9.53. The molecule has 2 aliphatic carbocycles. The highest BCUT2D eigenvalue weighted by molar-refractivity contribution is 6.09. The molecule has 0 spiro atoms. The van der Waals surface area contributed by atoms with Gasteiger partial charge >= 0.3 is 0 Å². The molecule has 54 heavy (non-hydrogen) atoms. The summed E-state index contributed by atoms with van der Waals surface area (Å²) in [7, 11) is 0. The maximum atomic E-state index is 9.53. The third kappa shape index (κ3) is 5.67. The van der Waals surface area contributed by atoms with Crippen molar-refractivity contribution in [3.8, 4) is 57.0 Å². The molecule has 6 aromatic carbocycles. The summed E-state index contributed by atoms with van der Waals surface area (Å²) in [5.41, 5.74) is 10.8. The Morgan fingerprint density at radius 2 is 1.07 bits per heavy atom. The van der Waals surface area contributed by atoms with Crippen LogP contribution in [0.15, 0.2) is 146 Å². The van der Waals surface area contributed by atoms with E-state index in [0.29, 0.717) is 23.0 Å². The van der Waals surface area contributed by atoms with Crippen LogP contribution in [0.2, 0.25) is 0 Å². The van der Waals surface area contributed by atoms with Crippen molar-refractivity contribution in [2.24, 2.45) is 11.8 Å². The number of hydrogen-bond acceptors (Lipinski definition) is 4. The lowest BCUT2D eigenvalue weighted by atomic mass is 9.66. The van der Waals surface area contributed by atoms with E-state index in [1.807, 2.05) is 36.4 Å². The van der Waals surface area contributed by atoms with E-state index in [2.05, 4.69) is 127 Å². The predicted molar refractivity (Wildman–Crippen MR) is 218 cm³/mol. The summed E-state index contributed by atoms with van der Waals surface area (Å²) >= 11 is 0. The molecule has 260 valence electrons. The van der Waals surface area contributed by atoms with Crippen molar-refractivity contribution in [2.75, 3.05) is 0 Å². The van der Waals surface area contributed by atoms with Gasteiger partial charge in [-0.1, -0.05) is 129 Å². The van der Waals surface area contributed by atoms with Crippen molar-refractivity contribution in [2.45, 2.75) is 44.4 Å². The summed E-state index contributed by atoms with van der Waals surface area (Å²) in [5, 5.41) is 11.8. The highest BCUT2D eigenvalue weighted by Gasteiger charge is 2.41. The van der Waals surface area contributed by atoms with E-state index in [4.69, 9.17) is 15.0 Å². The number of fused-ring (bicyclic) bond motifs is 5. The second kappa shape index (κ2) is 12.9.